The van der Waals surface area contributed by atoms with Crippen LogP contribution in [-0.2, 0) is 22.4 Å². The number of nitrogens with one attached hydrogen (secondary N) is 1. The summed E-state index contributed by atoms with van der Waals surface area (Å²) in [4.78, 5) is 48.7. The molecule has 1 aromatic heterocycles. The number of aryl methyl sites for hydroxylation is 1. The molecule has 0 radical (unpaired) electrons. The van der Waals surface area contributed by atoms with Crippen LogP contribution in [0.15, 0.2) is 85.2 Å². The van der Waals surface area contributed by atoms with Crippen molar-refractivity contribution < 1.29 is 19.5 Å². The number of benzene rings is 3. The summed E-state index contributed by atoms with van der Waals surface area (Å²) in [6.45, 7) is 4.63. The van der Waals surface area contributed by atoms with Gasteiger partial charge in [0.1, 0.15) is 6.04 Å². The van der Waals surface area contributed by atoms with Gasteiger partial charge in [-0.2, -0.15) is 0 Å². The van der Waals surface area contributed by atoms with Crippen molar-refractivity contribution in [2.75, 3.05) is 13.1 Å². The third kappa shape index (κ3) is 7.64. The maximum absolute atomic E-state index is 13.4. The molecule has 1 aliphatic heterocycles. The second kappa shape index (κ2) is 14.9. The van der Waals surface area contributed by atoms with Crippen molar-refractivity contribution in [1.29, 1.82) is 0 Å². The Bertz CT molecular complexity index is 1710. The highest BCUT2D eigenvalue weighted by Crippen LogP contribution is 2.37. The first-order chi connectivity index (χ1) is 23.3. The van der Waals surface area contributed by atoms with Gasteiger partial charge in [-0.1, -0.05) is 80.9 Å². The van der Waals surface area contributed by atoms with E-state index < -0.39 is 17.9 Å². The van der Waals surface area contributed by atoms with Crippen LogP contribution in [0.1, 0.15) is 78.9 Å². The monoisotopic (exact) mass is 644 g/mol. The van der Waals surface area contributed by atoms with Gasteiger partial charge in [0.15, 0.2) is 5.82 Å². The van der Waals surface area contributed by atoms with Crippen LogP contribution < -0.4 is 5.32 Å². The Kier molecular flexibility index (Phi) is 10.3. The zero-order valence-electron chi connectivity index (χ0n) is 27.8. The molecule has 2 aliphatic rings. The van der Waals surface area contributed by atoms with Crippen LogP contribution in [0.2, 0.25) is 0 Å². The van der Waals surface area contributed by atoms with E-state index in [1.807, 2.05) is 55.7 Å². The van der Waals surface area contributed by atoms with Crippen LogP contribution in [0.4, 0.5) is 0 Å². The summed E-state index contributed by atoms with van der Waals surface area (Å²) in [5.41, 5.74) is 6.78. The van der Waals surface area contributed by atoms with Crippen LogP contribution in [0.25, 0.3) is 22.5 Å². The summed E-state index contributed by atoms with van der Waals surface area (Å²) >= 11 is 0. The number of amides is 2. The molecule has 2 fully saturated rings. The van der Waals surface area contributed by atoms with E-state index in [1.165, 1.54) is 42.6 Å². The van der Waals surface area contributed by atoms with Crippen molar-refractivity contribution in [3.63, 3.8) is 0 Å². The molecule has 1 aliphatic carbocycles. The van der Waals surface area contributed by atoms with Crippen LogP contribution in [0.3, 0.4) is 0 Å². The van der Waals surface area contributed by atoms with E-state index >= 15 is 0 Å². The Balaban J connectivity index is 1.11. The molecule has 6 rings (SSSR count). The molecular formula is C40H44N4O4. The van der Waals surface area contributed by atoms with Crippen LogP contribution in [0.5, 0.6) is 0 Å². The molecule has 2 amide bonds. The molecule has 248 valence electrons. The second-order valence-corrected chi connectivity index (χ2v) is 13.3. The fourth-order valence-electron chi connectivity index (χ4n) is 6.87. The maximum atomic E-state index is 13.4. The summed E-state index contributed by atoms with van der Waals surface area (Å²) in [6, 6.07) is 23.0. The molecule has 0 spiro atoms. The predicted octanol–water partition coefficient (Wildman–Crippen LogP) is 6.94. The molecule has 0 bridgehead atoms. The van der Waals surface area contributed by atoms with Crippen molar-refractivity contribution in [2.45, 2.75) is 70.8 Å². The average molecular weight is 645 g/mol. The first-order valence-electron chi connectivity index (χ1n) is 17.2. The second-order valence-electron chi connectivity index (χ2n) is 13.3. The number of likely N-dealkylation sites (tertiary alicyclic amines) is 1. The minimum atomic E-state index is -0.917. The minimum Gasteiger partial charge on any atom is -0.481 e. The molecule has 2 heterocycles. The van der Waals surface area contributed by atoms with Gasteiger partial charge in [0.25, 0.3) is 5.91 Å². The van der Waals surface area contributed by atoms with E-state index in [2.05, 4.69) is 46.5 Å². The number of aromatic nitrogens is 2. The average Bonchev–Trinajstić information content (AvgIpc) is 3.11. The van der Waals surface area contributed by atoms with Gasteiger partial charge in [-0.05, 0) is 78.3 Å². The largest absolute Gasteiger partial charge is 0.481 e. The molecular weight excluding hydrogens is 600 g/mol. The summed E-state index contributed by atoms with van der Waals surface area (Å²) in [7, 11) is 0. The molecule has 8 heteroatoms. The first kappa shape index (κ1) is 33.1. The lowest BCUT2D eigenvalue weighted by molar-refractivity contribution is -0.153. The Morgan fingerprint density at radius 3 is 1.98 bits per heavy atom. The molecule has 1 saturated heterocycles. The van der Waals surface area contributed by atoms with Gasteiger partial charge in [-0.15, -0.1) is 0 Å². The van der Waals surface area contributed by atoms with E-state index in [0.29, 0.717) is 17.3 Å². The van der Waals surface area contributed by atoms with E-state index in [1.54, 1.807) is 12.1 Å². The van der Waals surface area contributed by atoms with Crippen molar-refractivity contribution in [1.82, 2.24) is 20.2 Å². The molecule has 0 unspecified atom stereocenters. The zero-order valence-corrected chi connectivity index (χ0v) is 27.8. The number of carboxylic acid groups (broad SMARTS) is 1. The summed E-state index contributed by atoms with van der Waals surface area (Å²) in [5, 5.41) is 12.2. The lowest BCUT2D eigenvalue weighted by Gasteiger charge is -2.39. The normalized spacial score (nSPS) is 18.5. The van der Waals surface area contributed by atoms with Gasteiger partial charge in [0.05, 0.1) is 5.92 Å². The highest BCUT2D eigenvalue weighted by Gasteiger charge is 2.38. The number of hydrogen-bond acceptors (Lipinski definition) is 5. The topological polar surface area (TPSA) is 112 Å². The summed E-state index contributed by atoms with van der Waals surface area (Å²) in [5.74, 6) is 0.0285. The SMILES string of the molecule is CCc1ccc(C(=O)N[C@@H](Cc2ccc(-c3ncc(-c4ccc([C@H]5CC[C@H](CC)CC5)cc4)cn3)cc2)C(=O)N2CC(C(=O)O)C2)cc1. The standard InChI is InChI=1S/C40H44N4O4/c1-3-26-5-11-29(12-6-26)30-17-19-31(20-18-30)34-22-41-37(42-23-34)32-13-9-28(10-14-32)21-36(39(46)44-24-35(25-44)40(47)48)43-38(45)33-15-7-27(4-2)8-16-33/h7-10,13-20,22-23,26,29,35-36H,3-6,11-12,21,24-25H2,1-2H3,(H,43,45)(H,47,48)/t26-,29-,36-/m0/s1. The number of hydrogen-bond donors (Lipinski definition) is 2. The van der Waals surface area contributed by atoms with E-state index in [-0.39, 0.29) is 31.3 Å². The van der Waals surface area contributed by atoms with Crippen molar-refractivity contribution in [3.05, 3.63) is 107 Å². The molecule has 1 atom stereocenters. The Morgan fingerprint density at radius 1 is 0.792 bits per heavy atom. The van der Waals surface area contributed by atoms with E-state index in [4.69, 9.17) is 0 Å². The lowest BCUT2D eigenvalue weighted by atomic mass is 9.78. The smallest absolute Gasteiger partial charge is 0.310 e. The van der Waals surface area contributed by atoms with Crippen molar-refractivity contribution in [2.24, 2.45) is 11.8 Å². The number of rotatable bonds is 11. The zero-order chi connectivity index (χ0) is 33.6. The quantitative estimate of drug-likeness (QED) is 0.183. The number of carbonyl (C=O) groups excluding carboxylic acids is 2. The molecule has 2 N–H and O–H groups in total. The number of nitrogens with zero attached hydrogens (tertiary/aromatic N) is 3. The number of aliphatic carboxylic acids is 1. The third-order valence-corrected chi connectivity index (χ3v) is 10.2. The van der Waals surface area contributed by atoms with E-state index in [0.717, 1.165) is 40.2 Å². The molecule has 48 heavy (non-hydrogen) atoms. The predicted molar refractivity (Wildman–Crippen MR) is 186 cm³/mol. The lowest BCUT2D eigenvalue weighted by Crippen LogP contribution is -2.59. The van der Waals surface area contributed by atoms with Gasteiger partial charge in [-0.3, -0.25) is 14.4 Å². The van der Waals surface area contributed by atoms with E-state index in [9.17, 15) is 19.5 Å². The van der Waals surface area contributed by atoms with Gasteiger partial charge in [0, 0.05) is 48.6 Å². The molecule has 1 saturated carbocycles. The fraction of sp³-hybridized carbons (Fsp3) is 0.375. The number of carboxylic acids is 1. The van der Waals surface area contributed by atoms with Gasteiger partial charge < -0.3 is 15.3 Å². The number of carbonyl (C=O) groups is 3. The molecule has 3 aromatic carbocycles. The van der Waals surface area contributed by atoms with Crippen molar-refractivity contribution in [3.8, 4) is 22.5 Å². The maximum Gasteiger partial charge on any atom is 0.310 e. The minimum absolute atomic E-state index is 0.141. The Labute approximate surface area is 282 Å². The van der Waals surface area contributed by atoms with Crippen LogP contribution in [0, 0.1) is 11.8 Å². The summed E-state index contributed by atoms with van der Waals surface area (Å²) < 4.78 is 0. The van der Waals surface area contributed by atoms with Gasteiger partial charge in [0.2, 0.25) is 5.91 Å². The van der Waals surface area contributed by atoms with Gasteiger partial charge in [-0.25, -0.2) is 9.97 Å². The Morgan fingerprint density at radius 2 is 1.40 bits per heavy atom. The highest BCUT2D eigenvalue weighted by atomic mass is 16.4. The van der Waals surface area contributed by atoms with Gasteiger partial charge >= 0.3 is 5.97 Å². The summed E-state index contributed by atoms with van der Waals surface area (Å²) in [6.07, 6.45) is 11.3. The Hall–Kier alpha value is -4.85. The third-order valence-electron chi connectivity index (χ3n) is 10.2. The molecule has 8 nitrogen and oxygen atoms in total. The van der Waals surface area contributed by atoms with Crippen LogP contribution >= 0.6 is 0 Å². The fourth-order valence-corrected chi connectivity index (χ4v) is 6.87. The van der Waals surface area contributed by atoms with Crippen molar-refractivity contribution >= 4 is 17.8 Å². The first-order valence-corrected chi connectivity index (χ1v) is 17.2. The highest BCUT2D eigenvalue weighted by molar-refractivity contribution is 5.98. The molecule has 4 aromatic rings. The van der Waals surface area contributed by atoms with Crippen LogP contribution in [-0.4, -0.2) is 56.9 Å².